The van der Waals surface area contributed by atoms with Crippen LogP contribution in [0.2, 0.25) is 0 Å². The van der Waals surface area contributed by atoms with E-state index in [9.17, 15) is 9.59 Å². The third-order valence-corrected chi connectivity index (χ3v) is 5.76. The van der Waals surface area contributed by atoms with Crippen molar-refractivity contribution in [3.63, 3.8) is 0 Å². The van der Waals surface area contributed by atoms with Gasteiger partial charge >= 0.3 is 11.9 Å². The van der Waals surface area contributed by atoms with Crippen LogP contribution in [-0.2, 0) is 19.1 Å². The van der Waals surface area contributed by atoms with Crippen LogP contribution < -0.4 is 0 Å². The van der Waals surface area contributed by atoms with Gasteiger partial charge < -0.3 is 9.47 Å². The monoisotopic (exact) mass is 452 g/mol. The first-order valence-corrected chi connectivity index (χ1v) is 13.5. The molecule has 0 unspecified atom stereocenters. The molecule has 0 amide bonds. The van der Waals surface area contributed by atoms with Crippen LogP contribution in [0.3, 0.4) is 0 Å². The Kier molecular flexibility index (Phi) is 23.3. The zero-order valence-electron chi connectivity index (χ0n) is 21.6. The van der Waals surface area contributed by atoms with Gasteiger partial charge in [0, 0.05) is 12.8 Å². The van der Waals surface area contributed by atoms with Crippen molar-refractivity contribution in [1.29, 1.82) is 0 Å². The second-order valence-electron chi connectivity index (χ2n) is 9.34. The second-order valence-corrected chi connectivity index (χ2v) is 9.34. The maximum absolute atomic E-state index is 11.7. The number of carbonyl (C=O) groups excluding carboxylic acids is 2. The summed E-state index contributed by atoms with van der Waals surface area (Å²) in [7, 11) is 0. The molecule has 0 saturated carbocycles. The lowest BCUT2D eigenvalue weighted by Gasteiger charge is -2.06. The van der Waals surface area contributed by atoms with Gasteiger partial charge in [-0.05, 0) is 32.8 Å². The van der Waals surface area contributed by atoms with Crippen LogP contribution in [0, 0.1) is 0 Å². The Hall–Kier alpha value is -1.32. The van der Waals surface area contributed by atoms with E-state index in [1.807, 2.05) is 19.9 Å². The molecule has 0 aromatic carbocycles. The number of carbonyl (C=O) groups is 2. The van der Waals surface area contributed by atoms with E-state index in [1.165, 1.54) is 89.9 Å². The largest absolute Gasteiger partial charge is 0.466 e. The Morgan fingerprint density at radius 3 is 1.41 bits per heavy atom. The molecule has 0 aliphatic heterocycles. The molecule has 0 heterocycles. The van der Waals surface area contributed by atoms with Crippen LogP contribution in [-0.4, -0.2) is 25.2 Å². The minimum absolute atomic E-state index is 0.206. The summed E-state index contributed by atoms with van der Waals surface area (Å²) in [6, 6.07) is 0. The Balaban J connectivity index is 3.25. The summed E-state index contributed by atoms with van der Waals surface area (Å²) in [4.78, 5) is 23.2. The number of rotatable bonds is 23. The third kappa shape index (κ3) is 24.9. The van der Waals surface area contributed by atoms with Gasteiger partial charge in [0.2, 0.25) is 0 Å². The van der Waals surface area contributed by atoms with Gasteiger partial charge in [0.05, 0.1) is 6.61 Å². The molecule has 4 nitrogen and oxygen atoms in total. The molecule has 0 spiro atoms. The lowest BCUT2D eigenvalue weighted by Crippen LogP contribution is -2.09. The maximum atomic E-state index is 11.7. The molecule has 0 rings (SSSR count). The number of allylic oxidation sites excluding steroid dienone is 1. The van der Waals surface area contributed by atoms with Crippen LogP contribution in [0.15, 0.2) is 11.6 Å². The topological polar surface area (TPSA) is 52.6 Å². The highest BCUT2D eigenvalue weighted by molar-refractivity contribution is 5.72. The SMILES string of the molecule is CCCCCCCCCCCCCCCCCCOC(=O)CCCC(=O)OCC=C(C)C. The van der Waals surface area contributed by atoms with E-state index in [4.69, 9.17) is 9.47 Å². The number of esters is 2. The fourth-order valence-corrected chi connectivity index (χ4v) is 3.66. The molecule has 0 saturated heterocycles. The number of hydrogen-bond acceptors (Lipinski definition) is 4. The van der Waals surface area contributed by atoms with Gasteiger partial charge in [-0.1, -0.05) is 109 Å². The normalized spacial score (nSPS) is 10.7. The molecular weight excluding hydrogens is 400 g/mol. The van der Waals surface area contributed by atoms with Crippen molar-refractivity contribution in [2.75, 3.05) is 13.2 Å². The van der Waals surface area contributed by atoms with Gasteiger partial charge in [-0.2, -0.15) is 0 Å². The van der Waals surface area contributed by atoms with Crippen LogP contribution in [0.5, 0.6) is 0 Å². The standard InChI is InChI=1S/C28H52O4/c1-4-5-6-7-8-9-10-11-12-13-14-15-16-17-18-19-24-31-27(29)21-20-22-28(30)32-25-23-26(2)3/h23H,4-22,24-25H2,1-3H3. The molecule has 0 atom stereocenters. The van der Waals surface area contributed by atoms with Crippen LogP contribution >= 0.6 is 0 Å². The zero-order valence-corrected chi connectivity index (χ0v) is 21.6. The lowest BCUT2D eigenvalue weighted by atomic mass is 10.0. The Morgan fingerprint density at radius 2 is 0.969 bits per heavy atom. The predicted octanol–water partition coefficient (Wildman–Crippen LogP) is 8.47. The maximum Gasteiger partial charge on any atom is 0.306 e. The highest BCUT2D eigenvalue weighted by Crippen LogP contribution is 2.13. The average Bonchev–Trinajstić information content (AvgIpc) is 2.75. The van der Waals surface area contributed by atoms with E-state index in [-0.39, 0.29) is 24.8 Å². The van der Waals surface area contributed by atoms with Crippen molar-refractivity contribution in [3.8, 4) is 0 Å². The molecule has 0 N–H and O–H groups in total. The average molecular weight is 453 g/mol. The highest BCUT2D eigenvalue weighted by atomic mass is 16.5. The summed E-state index contributed by atoms with van der Waals surface area (Å²) < 4.78 is 10.3. The molecule has 0 bridgehead atoms. The third-order valence-electron chi connectivity index (χ3n) is 5.76. The molecule has 0 aliphatic carbocycles. The van der Waals surface area contributed by atoms with Crippen molar-refractivity contribution in [2.45, 2.75) is 143 Å². The number of unbranched alkanes of at least 4 members (excludes halogenated alkanes) is 15. The molecule has 0 radical (unpaired) electrons. The van der Waals surface area contributed by atoms with Crippen LogP contribution in [0.25, 0.3) is 0 Å². The summed E-state index contributed by atoms with van der Waals surface area (Å²) in [5.41, 5.74) is 1.12. The van der Waals surface area contributed by atoms with E-state index in [0.29, 0.717) is 19.6 Å². The van der Waals surface area contributed by atoms with Gasteiger partial charge in [0.25, 0.3) is 0 Å². The highest BCUT2D eigenvalue weighted by Gasteiger charge is 2.07. The van der Waals surface area contributed by atoms with E-state index in [1.54, 1.807) is 0 Å². The first kappa shape index (κ1) is 30.7. The molecule has 4 heteroatoms. The van der Waals surface area contributed by atoms with Gasteiger partial charge in [-0.25, -0.2) is 0 Å². The molecule has 0 aromatic heterocycles. The molecule has 0 aliphatic rings. The van der Waals surface area contributed by atoms with Gasteiger partial charge in [0.15, 0.2) is 0 Å². The zero-order chi connectivity index (χ0) is 23.7. The van der Waals surface area contributed by atoms with Crippen molar-refractivity contribution in [3.05, 3.63) is 11.6 Å². The molecule has 0 aromatic rings. The van der Waals surface area contributed by atoms with Gasteiger partial charge in [0.1, 0.15) is 6.61 Å². The lowest BCUT2D eigenvalue weighted by molar-refractivity contribution is -0.145. The quantitative estimate of drug-likeness (QED) is 0.0886. The number of hydrogen-bond donors (Lipinski definition) is 0. The van der Waals surface area contributed by atoms with Crippen molar-refractivity contribution in [1.82, 2.24) is 0 Å². The Bertz CT molecular complexity index is 466. The Labute approximate surface area is 198 Å². The first-order valence-electron chi connectivity index (χ1n) is 13.5. The second kappa shape index (κ2) is 24.3. The molecular formula is C28H52O4. The first-order chi connectivity index (χ1) is 15.6. The summed E-state index contributed by atoms with van der Waals surface area (Å²) in [5.74, 6) is -0.462. The van der Waals surface area contributed by atoms with E-state index < -0.39 is 0 Å². The summed E-state index contributed by atoms with van der Waals surface area (Å²) in [6.45, 7) is 7.01. The van der Waals surface area contributed by atoms with E-state index >= 15 is 0 Å². The minimum Gasteiger partial charge on any atom is -0.466 e. The molecule has 188 valence electrons. The van der Waals surface area contributed by atoms with Crippen LogP contribution in [0.4, 0.5) is 0 Å². The van der Waals surface area contributed by atoms with Crippen molar-refractivity contribution < 1.29 is 19.1 Å². The molecule has 32 heavy (non-hydrogen) atoms. The minimum atomic E-state index is -0.256. The fourth-order valence-electron chi connectivity index (χ4n) is 3.66. The van der Waals surface area contributed by atoms with Crippen molar-refractivity contribution >= 4 is 11.9 Å². The van der Waals surface area contributed by atoms with Gasteiger partial charge in [-0.15, -0.1) is 0 Å². The summed E-state index contributed by atoms with van der Waals surface area (Å²) >= 11 is 0. The van der Waals surface area contributed by atoms with E-state index in [0.717, 1.165) is 18.4 Å². The summed E-state index contributed by atoms with van der Waals surface area (Å²) in [5, 5.41) is 0. The van der Waals surface area contributed by atoms with Crippen molar-refractivity contribution in [2.24, 2.45) is 0 Å². The predicted molar refractivity (Wildman–Crippen MR) is 135 cm³/mol. The summed E-state index contributed by atoms with van der Waals surface area (Å²) in [6.07, 6.45) is 24.3. The fraction of sp³-hybridized carbons (Fsp3) is 0.857. The Morgan fingerprint density at radius 1 is 0.562 bits per heavy atom. The smallest absolute Gasteiger partial charge is 0.306 e. The van der Waals surface area contributed by atoms with Gasteiger partial charge in [-0.3, -0.25) is 9.59 Å². The number of ether oxygens (including phenoxy) is 2. The molecule has 0 fully saturated rings. The van der Waals surface area contributed by atoms with Crippen LogP contribution in [0.1, 0.15) is 143 Å². The van der Waals surface area contributed by atoms with E-state index in [2.05, 4.69) is 6.92 Å².